The van der Waals surface area contributed by atoms with Gasteiger partial charge in [-0.25, -0.2) is 4.39 Å². The second kappa shape index (κ2) is 9.33. The lowest BCUT2D eigenvalue weighted by Gasteiger charge is -2.22. The Bertz CT molecular complexity index is 687. The van der Waals surface area contributed by atoms with Crippen molar-refractivity contribution in [3.8, 4) is 0 Å². The molecule has 0 aromatic heterocycles. The highest BCUT2D eigenvalue weighted by atomic mass is 19.4. The molecule has 7 heteroatoms. The van der Waals surface area contributed by atoms with E-state index in [4.69, 9.17) is 4.74 Å². The first-order valence-corrected chi connectivity index (χ1v) is 8.09. The normalized spacial score (nSPS) is 12.6. The lowest BCUT2D eigenvalue weighted by atomic mass is 10.1. The van der Waals surface area contributed by atoms with Crippen LogP contribution in [0.3, 0.4) is 0 Å². The maximum Gasteiger partial charge on any atom is 0.412 e. The number of rotatable bonds is 8. The van der Waals surface area contributed by atoms with E-state index in [2.05, 4.69) is 0 Å². The van der Waals surface area contributed by atoms with Crippen molar-refractivity contribution in [3.05, 3.63) is 71.5 Å². The maximum absolute atomic E-state index is 13.2. The summed E-state index contributed by atoms with van der Waals surface area (Å²) in [7, 11) is 0. The monoisotopic (exact) mass is 369 g/mol. The highest BCUT2D eigenvalue weighted by Gasteiger charge is 2.41. The summed E-state index contributed by atoms with van der Waals surface area (Å²) in [6, 6.07) is 11.1. The molecule has 0 spiro atoms. The minimum Gasteiger partial charge on any atom is -0.377 e. The largest absolute Gasteiger partial charge is 0.412 e. The SMILES string of the molecule is O=C(CCCOCc1ccccc1)NC(c1ccc(F)cc1)C(F)(F)F. The van der Waals surface area contributed by atoms with E-state index < -0.39 is 23.9 Å². The van der Waals surface area contributed by atoms with Gasteiger partial charge in [0.1, 0.15) is 5.82 Å². The van der Waals surface area contributed by atoms with Crippen LogP contribution in [0.1, 0.15) is 30.0 Å². The number of alkyl halides is 3. The number of carbonyl (C=O) groups is 1. The summed E-state index contributed by atoms with van der Waals surface area (Å²) in [4.78, 5) is 11.8. The van der Waals surface area contributed by atoms with Gasteiger partial charge in [0.25, 0.3) is 0 Å². The van der Waals surface area contributed by atoms with Crippen molar-refractivity contribution in [2.45, 2.75) is 31.7 Å². The number of amides is 1. The van der Waals surface area contributed by atoms with Gasteiger partial charge < -0.3 is 10.1 Å². The van der Waals surface area contributed by atoms with Crippen LogP contribution in [0.5, 0.6) is 0 Å². The first kappa shape index (κ1) is 19.9. The second-order valence-corrected chi connectivity index (χ2v) is 5.74. The Labute approximate surface area is 149 Å². The molecule has 2 aromatic carbocycles. The fourth-order valence-corrected chi connectivity index (χ4v) is 2.34. The summed E-state index contributed by atoms with van der Waals surface area (Å²) in [6.07, 6.45) is -4.47. The Morgan fingerprint density at radius 1 is 1.04 bits per heavy atom. The average Bonchev–Trinajstić information content (AvgIpc) is 2.60. The van der Waals surface area contributed by atoms with E-state index in [9.17, 15) is 22.4 Å². The van der Waals surface area contributed by atoms with Crippen molar-refractivity contribution in [1.29, 1.82) is 0 Å². The summed E-state index contributed by atoms with van der Waals surface area (Å²) in [5, 5.41) is 1.96. The number of halogens is 4. The third-order valence-corrected chi connectivity index (χ3v) is 3.64. The number of ether oxygens (including phenoxy) is 1. The Hall–Kier alpha value is -2.41. The molecule has 0 aliphatic rings. The van der Waals surface area contributed by atoms with Gasteiger partial charge in [-0.2, -0.15) is 13.2 Å². The highest BCUT2D eigenvalue weighted by Crippen LogP contribution is 2.32. The summed E-state index contributed by atoms with van der Waals surface area (Å²) >= 11 is 0. The van der Waals surface area contributed by atoms with Crippen molar-refractivity contribution in [2.24, 2.45) is 0 Å². The van der Waals surface area contributed by atoms with Crippen molar-refractivity contribution in [3.63, 3.8) is 0 Å². The standard InChI is InChI=1S/C19H19F4NO2/c20-16-10-8-15(9-11-16)18(19(21,22)23)24-17(25)7-4-12-26-13-14-5-2-1-3-6-14/h1-3,5-6,8-11,18H,4,7,12-13H2,(H,24,25). The molecule has 1 amide bonds. The molecule has 26 heavy (non-hydrogen) atoms. The Morgan fingerprint density at radius 3 is 2.31 bits per heavy atom. The van der Waals surface area contributed by atoms with Gasteiger partial charge in [0.15, 0.2) is 6.04 Å². The summed E-state index contributed by atoms with van der Waals surface area (Å²) in [6.45, 7) is 0.638. The van der Waals surface area contributed by atoms with E-state index in [0.717, 1.165) is 29.8 Å². The number of hydrogen-bond acceptors (Lipinski definition) is 2. The van der Waals surface area contributed by atoms with E-state index in [-0.39, 0.29) is 18.6 Å². The van der Waals surface area contributed by atoms with Crippen LogP contribution < -0.4 is 5.32 Å². The van der Waals surface area contributed by atoms with Gasteiger partial charge in [0.2, 0.25) is 5.91 Å². The topological polar surface area (TPSA) is 38.3 Å². The highest BCUT2D eigenvalue weighted by molar-refractivity contribution is 5.76. The van der Waals surface area contributed by atoms with Gasteiger partial charge in [-0.05, 0) is 29.7 Å². The van der Waals surface area contributed by atoms with Gasteiger partial charge in [-0.1, -0.05) is 42.5 Å². The smallest absolute Gasteiger partial charge is 0.377 e. The zero-order valence-electron chi connectivity index (χ0n) is 13.9. The fourth-order valence-electron chi connectivity index (χ4n) is 2.34. The second-order valence-electron chi connectivity index (χ2n) is 5.74. The lowest BCUT2D eigenvalue weighted by Crippen LogP contribution is -2.38. The van der Waals surface area contributed by atoms with Gasteiger partial charge in [0.05, 0.1) is 6.61 Å². The number of benzene rings is 2. The van der Waals surface area contributed by atoms with Crippen LogP contribution in [-0.2, 0) is 16.1 Å². The summed E-state index contributed by atoms with van der Waals surface area (Å²) in [5.74, 6) is -1.38. The van der Waals surface area contributed by atoms with E-state index in [1.54, 1.807) is 0 Å². The molecule has 0 radical (unpaired) electrons. The predicted molar refractivity (Wildman–Crippen MR) is 88.7 cm³/mol. The number of nitrogens with one attached hydrogen (secondary N) is 1. The summed E-state index contributed by atoms with van der Waals surface area (Å²) in [5.41, 5.74) is 0.762. The van der Waals surface area contributed by atoms with Crippen molar-refractivity contribution >= 4 is 5.91 Å². The molecule has 0 aliphatic carbocycles. The van der Waals surface area contributed by atoms with Gasteiger partial charge in [-0.3, -0.25) is 4.79 Å². The molecule has 0 aliphatic heterocycles. The van der Waals surface area contributed by atoms with Crippen LogP contribution in [0.25, 0.3) is 0 Å². The molecule has 0 saturated heterocycles. The van der Waals surface area contributed by atoms with E-state index in [1.165, 1.54) is 0 Å². The zero-order valence-corrected chi connectivity index (χ0v) is 13.9. The Balaban J connectivity index is 1.79. The fraction of sp³-hybridized carbons (Fsp3) is 0.316. The third-order valence-electron chi connectivity index (χ3n) is 3.64. The van der Waals surface area contributed by atoms with Crippen molar-refractivity contribution in [2.75, 3.05) is 6.61 Å². The number of carbonyl (C=O) groups excluding carboxylic acids is 1. The lowest BCUT2D eigenvalue weighted by molar-refractivity contribution is -0.163. The first-order valence-electron chi connectivity index (χ1n) is 8.09. The molecule has 1 atom stereocenters. The van der Waals surface area contributed by atoms with Crippen LogP contribution >= 0.6 is 0 Å². The molecule has 2 aromatic rings. The molecule has 0 fully saturated rings. The molecular weight excluding hydrogens is 350 g/mol. The first-order chi connectivity index (χ1) is 12.4. The Morgan fingerprint density at radius 2 is 1.69 bits per heavy atom. The van der Waals surface area contributed by atoms with E-state index in [1.807, 2.05) is 35.6 Å². The molecule has 1 N–H and O–H groups in total. The molecule has 0 saturated carbocycles. The molecule has 140 valence electrons. The van der Waals surface area contributed by atoms with Gasteiger partial charge >= 0.3 is 6.18 Å². The van der Waals surface area contributed by atoms with E-state index in [0.29, 0.717) is 13.0 Å². The molecule has 0 heterocycles. The number of hydrogen-bond donors (Lipinski definition) is 1. The quantitative estimate of drug-likeness (QED) is 0.548. The van der Waals surface area contributed by atoms with Crippen LogP contribution in [0.15, 0.2) is 54.6 Å². The third kappa shape index (κ3) is 6.48. The predicted octanol–water partition coefficient (Wildman–Crippen LogP) is 4.54. The van der Waals surface area contributed by atoms with Gasteiger partial charge in [0, 0.05) is 13.0 Å². The van der Waals surface area contributed by atoms with Crippen molar-refractivity contribution < 1.29 is 27.1 Å². The average molecular weight is 369 g/mol. The Kier molecular flexibility index (Phi) is 7.15. The molecule has 0 bridgehead atoms. The van der Waals surface area contributed by atoms with Crippen LogP contribution in [0, 0.1) is 5.82 Å². The molecule has 2 rings (SSSR count). The molecule has 3 nitrogen and oxygen atoms in total. The van der Waals surface area contributed by atoms with E-state index >= 15 is 0 Å². The minimum absolute atomic E-state index is 0.0947. The maximum atomic E-state index is 13.2. The molecule has 1 unspecified atom stereocenters. The van der Waals surface area contributed by atoms with Gasteiger partial charge in [-0.15, -0.1) is 0 Å². The zero-order chi connectivity index (χ0) is 19.0. The summed E-state index contributed by atoms with van der Waals surface area (Å²) < 4.78 is 57.8. The van der Waals surface area contributed by atoms with Crippen LogP contribution in [0.2, 0.25) is 0 Å². The molecular formula is C19H19F4NO2. The van der Waals surface area contributed by atoms with Crippen LogP contribution in [-0.4, -0.2) is 18.7 Å². The minimum atomic E-state index is -4.67. The van der Waals surface area contributed by atoms with Crippen molar-refractivity contribution in [1.82, 2.24) is 5.32 Å². The van der Waals surface area contributed by atoms with Crippen LogP contribution in [0.4, 0.5) is 17.6 Å².